The maximum Gasteiger partial charge on any atom is 0.269 e. The van der Waals surface area contributed by atoms with Gasteiger partial charge in [0.25, 0.3) is 5.69 Å². The fourth-order valence-corrected chi connectivity index (χ4v) is 2.07. The summed E-state index contributed by atoms with van der Waals surface area (Å²) in [6.45, 7) is 0.280. The van der Waals surface area contributed by atoms with Crippen LogP contribution >= 0.6 is 0 Å². The summed E-state index contributed by atoms with van der Waals surface area (Å²) >= 11 is 0. The van der Waals surface area contributed by atoms with Gasteiger partial charge in [-0.1, -0.05) is 12.1 Å². The second-order valence-electron chi connectivity index (χ2n) is 4.55. The number of non-ortho nitro benzene ring substituents is 1. The van der Waals surface area contributed by atoms with Gasteiger partial charge in [-0.15, -0.1) is 0 Å². The van der Waals surface area contributed by atoms with Gasteiger partial charge in [0.05, 0.1) is 16.3 Å². The maximum absolute atomic E-state index is 13.7. The van der Waals surface area contributed by atoms with Gasteiger partial charge >= 0.3 is 0 Å². The summed E-state index contributed by atoms with van der Waals surface area (Å²) in [5.74, 6) is 5.05. The summed E-state index contributed by atoms with van der Waals surface area (Å²) in [5, 5.41) is 10.8. The first kappa shape index (κ1) is 14.7. The van der Waals surface area contributed by atoms with Gasteiger partial charge in [-0.3, -0.25) is 16.0 Å². The number of para-hydroxylation sites is 1. The van der Waals surface area contributed by atoms with Crippen molar-refractivity contribution >= 4 is 17.1 Å². The zero-order valence-electron chi connectivity index (χ0n) is 11.4. The number of hydrogen-bond donors (Lipinski definition) is 2. The molecule has 2 aromatic carbocycles. The van der Waals surface area contributed by atoms with Crippen molar-refractivity contribution in [2.75, 3.05) is 17.4 Å². The second kappa shape index (κ2) is 6.19. The molecule has 0 atom stereocenters. The number of rotatable bonds is 5. The highest BCUT2D eigenvalue weighted by molar-refractivity contribution is 5.57. The molecular weight excluding hydrogens is 275 g/mol. The standard InChI is InChI=1S/C14H15FN4O2/c1-18(14-5-3-2-4-12(14)15)9-10-8-11(19(20)21)6-7-13(10)17-16/h2-8,17H,9,16H2,1H3. The third-order valence-corrected chi connectivity index (χ3v) is 3.13. The number of nitro groups is 1. The van der Waals surface area contributed by atoms with E-state index in [1.54, 1.807) is 30.1 Å². The molecule has 6 nitrogen and oxygen atoms in total. The highest BCUT2D eigenvalue weighted by Gasteiger charge is 2.13. The fraction of sp³-hybridized carbons (Fsp3) is 0.143. The van der Waals surface area contributed by atoms with E-state index in [-0.39, 0.29) is 18.0 Å². The van der Waals surface area contributed by atoms with E-state index >= 15 is 0 Å². The Labute approximate surface area is 121 Å². The van der Waals surface area contributed by atoms with Gasteiger partial charge in [0.1, 0.15) is 5.82 Å². The van der Waals surface area contributed by atoms with Gasteiger partial charge in [0, 0.05) is 31.3 Å². The van der Waals surface area contributed by atoms with Gasteiger partial charge in [-0.05, 0) is 18.2 Å². The first-order valence-electron chi connectivity index (χ1n) is 6.22. The topological polar surface area (TPSA) is 84.4 Å². The summed E-state index contributed by atoms with van der Waals surface area (Å²) in [6.07, 6.45) is 0. The SMILES string of the molecule is CN(Cc1cc([N+](=O)[O-])ccc1NN)c1ccccc1F. The Morgan fingerprint density at radius 1 is 1.33 bits per heavy atom. The predicted octanol–water partition coefficient (Wildman–Crippen LogP) is 2.66. The number of nitro benzene ring substituents is 1. The van der Waals surface area contributed by atoms with Crippen LogP contribution in [0.1, 0.15) is 5.56 Å². The molecule has 7 heteroatoms. The highest BCUT2D eigenvalue weighted by atomic mass is 19.1. The van der Waals surface area contributed by atoms with Crippen LogP contribution in [0.4, 0.5) is 21.5 Å². The molecule has 0 saturated heterocycles. The van der Waals surface area contributed by atoms with Crippen LogP contribution in [0.25, 0.3) is 0 Å². The largest absolute Gasteiger partial charge is 0.368 e. The molecule has 0 fully saturated rings. The number of nitrogens with zero attached hydrogens (tertiary/aromatic N) is 2. The molecule has 0 bridgehead atoms. The summed E-state index contributed by atoms with van der Waals surface area (Å²) in [7, 11) is 1.71. The number of halogens is 1. The quantitative estimate of drug-likeness (QED) is 0.502. The number of nitrogens with one attached hydrogen (secondary N) is 1. The highest BCUT2D eigenvalue weighted by Crippen LogP contribution is 2.25. The molecule has 21 heavy (non-hydrogen) atoms. The van der Waals surface area contributed by atoms with E-state index in [0.29, 0.717) is 16.9 Å². The molecule has 110 valence electrons. The zero-order valence-corrected chi connectivity index (χ0v) is 11.4. The summed E-state index contributed by atoms with van der Waals surface area (Å²) in [5.41, 5.74) is 4.03. The number of benzene rings is 2. The molecule has 0 aliphatic rings. The Bertz CT molecular complexity index is 663. The van der Waals surface area contributed by atoms with E-state index in [4.69, 9.17) is 5.84 Å². The molecule has 0 radical (unpaired) electrons. The maximum atomic E-state index is 13.7. The van der Waals surface area contributed by atoms with E-state index < -0.39 is 4.92 Å². The van der Waals surface area contributed by atoms with Gasteiger partial charge in [-0.2, -0.15) is 0 Å². The van der Waals surface area contributed by atoms with Gasteiger partial charge in [0.2, 0.25) is 0 Å². The number of nitrogen functional groups attached to an aromatic ring is 1. The van der Waals surface area contributed by atoms with Crippen LogP contribution < -0.4 is 16.2 Å². The molecule has 0 unspecified atom stereocenters. The first-order valence-corrected chi connectivity index (χ1v) is 6.22. The summed E-state index contributed by atoms with van der Waals surface area (Å²) in [4.78, 5) is 12.0. The average Bonchev–Trinajstić information content (AvgIpc) is 2.47. The van der Waals surface area contributed by atoms with E-state index in [1.807, 2.05) is 0 Å². The van der Waals surface area contributed by atoms with Gasteiger partial charge in [-0.25, -0.2) is 4.39 Å². The lowest BCUT2D eigenvalue weighted by molar-refractivity contribution is -0.384. The van der Waals surface area contributed by atoms with Gasteiger partial charge in [0.15, 0.2) is 0 Å². The average molecular weight is 290 g/mol. The minimum atomic E-state index is -0.479. The fourth-order valence-electron chi connectivity index (χ4n) is 2.07. The summed E-state index contributed by atoms with van der Waals surface area (Å²) in [6, 6.07) is 10.7. The second-order valence-corrected chi connectivity index (χ2v) is 4.55. The molecular formula is C14H15FN4O2. The number of hydrogen-bond acceptors (Lipinski definition) is 5. The third kappa shape index (κ3) is 3.26. The molecule has 0 amide bonds. The van der Waals surface area contributed by atoms with Crippen LogP contribution in [0.2, 0.25) is 0 Å². The lowest BCUT2D eigenvalue weighted by Crippen LogP contribution is -2.20. The molecule has 0 spiro atoms. The van der Waals surface area contributed by atoms with E-state index in [0.717, 1.165) is 0 Å². The smallest absolute Gasteiger partial charge is 0.269 e. The molecule has 0 aliphatic carbocycles. The van der Waals surface area contributed by atoms with E-state index in [2.05, 4.69) is 5.43 Å². The third-order valence-electron chi connectivity index (χ3n) is 3.13. The molecule has 3 N–H and O–H groups in total. The molecule has 0 aromatic heterocycles. The molecule has 0 aliphatic heterocycles. The number of hydrazine groups is 1. The first-order chi connectivity index (χ1) is 10.0. The normalized spacial score (nSPS) is 10.2. The van der Waals surface area contributed by atoms with Crippen molar-refractivity contribution in [2.45, 2.75) is 6.54 Å². The van der Waals surface area contributed by atoms with Crippen molar-refractivity contribution in [1.82, 2.24) is 0 Å². The Hall–Kier alpha value is -2.67. The predicted molar refractivity (Wildman–Crippen MR) is 79.4 cm³/mol. The van der Waals surface area contributed by atoms with Crippen molar-refractivity contribution in [3.05, 3.63) is 64.0 Å². The van der Waals surface area contributed by atoms with Crippen LogP contribution in [0, 0.1) is 15.9 Å². The molecule has 2 rings (SSSR count). The van der Waals surface area contributed by atoms with Crippen molar-refractivity contribution in [1.29, 1.82) is 0 Å². The number of anilines is 2. The van der Waals surface area contributed by atoms with Crippen molar-refractivity contribution in [3.63, 3.8) is 0 Å². The Kier molecular flexibility index (Phi) is 4.34. The minimum Gasteiger partial charge on any atom is -0.368 e. The Balaban J connectivity index is 2.31. The zero-order chi connectivity index (χ0) is 15.4. The summed E-state index contributed by atoms with van der Waals surface area (Å²) < 4.78 is 13.7. The van der Waals surface area contributed by atoms with E-state index in [9.17, 15) is 14.5 Å². The minimum absolute atomic E-state index is 0.0362. The molecule has 2 aromatic rings. The van der Waals surface area contributed by atoms with Crippen LogP contribution in [0.15, 0.2) is 42.5 Å². The van der Waals surface area contributed by atoms with Crippen molar-refractivity contribution in [2.24, 2.45) is 5.84 Å². The van der Waals surface area contributed by atoms with Crippen LogP contribution in [-0.2, 0) is 6.54 Å². The van der Waals surface area contributed by atoms with Crippen LogP contribution in [-0.4, -0.2) is 12.0 Å². The molecule has 0 heterocycles. The lowest BCUT2D eigenvalue weighted by atomic mass is 10.1. The number of nitrogens with two attached hydrogens (primary N) is 1. The van der Waals surface area contributed by atoms with Crippen LogP contribution in [0.3, 0.4) is 0 Å². The van der Waals surface area contributed by atoms with Gasteiger partial charge < -0.3 is 10.3 Å². The van der Waals surface area contributed by atoms with Crippen molar-refractivity contribution in [3.8, 4) is 0 Å². The van der Waals surface area contributed by atoms with Crippen molar-refractivity contribution < 1.29 is 9.31 Å². The van der Waals surface area contributed by atoms with E-state index in [1.165, 1.54) is 24.3 Å². The monoisotopic (exact) mass is 290 g/mol. The Morgan fingerprint density at radius 3 is 2.67 bits per heavy atom. The van der Waals surface area contributed by atoms with Crippen LogP contribution in [0.5, 0.6) is 0 Å². The lowest BCUT2D eigenvalue weighted by Gasteiger charge is -2.21. The Morgan fingerprint density at radius 2 is 2.05 bits per heavy atom. The molecule has 0 saturated carbocycles.